The average molecular weight is 706 g/mol. The molecule has 15 heteroatoms. The van der Waals surface area contributed by atoms with E-state index in [4.69, 9.17) is 58.5 Å². The number of rotatable bonds is 13. The maximum absolute atomic E-state index is 12.6. The molecule has 0 saturated carbocycles. The van der Waals surface area contributed by atoms with Gasteiger partial charge >= 0.3 is 12.0 Å². The molecule has 1 atom stereocenters. The number of benzene rings is 3. The highest BCUT2D eigenvalue weighted by Crippen LogP contribution is 2.37. The lowest BCUT2D eigenvalue weighted by atomic mass is 9.95. The van der Waals surface area contributed by atoms with E-state index >= 15 is 0 Å². The van der Waals surface area contributed by atoms with Gasteiger partial charge in [-0.15, -0.1) is 0 Å². The molecule has 47 heavy (non-hydrogen) atoms. The third-order valence-corrected chi connectivity index (χ3v) is 7.69. The molecule has 0 aromatic heterocycles. The Bertz CT molecular complexity index is 1730. The summed E-state index contributed by atoms with van der Waals surface area (Å²) in [5.74, 6) is 0.0799. The van der Waals surface area contributed by atoms with Gasteiger partial charge in [0, 0.05) is 5.70 Å². The van der Waals surface area contributed by atoms with Crippen LogP contribution in [0.5, 0.6) is 23.0 Å². The summed E-state index contributed by atoms with van der Waals surface area (Å²) in [6.45, 7) is 3.25. The predicted molar refractivity (Wildman–Crippen MR) is 177 cm³/mol. The number of nitrogens with zero attached hydrogens (tertiary/aromatic N) is 1. The third-order valence-electron chi connectivity index (χ3n) is 6.67. The molecule has 3 aromatic rings. The number of urea groups is 1. The number of hydrogen-bond donors (Lipinski definition) is 3. The van der Waals surface area contributed by atoms with Gasteiger partial charge in [0.25, 0.3) is 5.91 Å². The first kappa shape index (κ1) is 35.2. The summed E-state index contributed by atoms with van der Waals surface area (Å²) in [7, 11) is 2.89. The zero-order chi connectivity index (χ0) is 34.1. The quantitative estimate of drug-likeness (QED) is 0.112. The average Bonchev–Trinajstić information content (AvgIpc) is 3.04. The SMILES string of the molecule is CCOC(=O)C1=C(C)NC(=O)N[C@@H]1c1ccc(OCC(=O)N/N=C\c2cc(Cl)c(OCc3ccc(Cl)c(Cl)c3)c(OC)c2)c(OC)c1. The van der Waals surface area contributed by atoms with Gasteiger partial charge in [-0.2, -0.15) is 5.10 Å². The van der Waals surface area contributed by atoms with Crippen LogP contribution in [-0.4, -0.2) is 51.6 Å². The molecule has 1 aliphatic rings. The Balaban J connectivity index is 1.37. The van der Waals surface area contributed by atoms with Crippen LogP contribution in [0.3, 0.4) is 0 Å². The maximum atomic E-state index is 12.6. The summed E-state index contributed by atoms with van der Waals surface area (Å²) in [6.07, 6.45) is 1.38. The number of allylic oxidation sites excluding steroid dienone is 1. The van der Waals surface area contributed by atoms with Crippen molar-refractivity contribution in [1.29, 1.82) is 0 Å². The second kappa shape index (κ2) is 16.3. The first-order valence-corrected chi connectivity index (χ1v) is 15.2. The van der Waals surface area contributed by atoms with Crippen LogP contribution in [0.1, 0.15) is 36.6 Å². The van der Waals surface area contributed by atoms with Gasteiger partial charge in [-0.05, 0) is 66.9 Å². The van der Waals surface area contributed by atoms with E-state index in [0.29, 0.717) is 38.4 Å². The van der Waals surface area contributed by atoms with Crippen molar-refractivity contribution in [1.82, 2.24) is 16.1 Å². The lowest BCUT2D eigenvalue weighted by molar-refractivity contribution is -0.139. The van der Waals surface area contributed by atoms with E-state index in [0.717, 1.165) is 5.56 Å². The van der Waals surface area contributed by atoms with Crippen molar-refractivity contribution in [2.45, 2.75) is 26.5 Å². The molecular formula is C32H31Cl3N4O8. The van der Waals surface area contributed by atoms with E-state index in [9.17, 15) is 14.4 Å². The lowest BCUT2D eigenvalue weighted by Gasteiger charge is -2.28. The van der Waals surface area contributed by atoms with Gasteiger partial charge in [0.1, 0.15) is 6.61 Å². The molecule has 3 amide bonds. The molecule has 4 rings (SSSR count). The minimum absolute atomic E-state index is 0.171. The van der Waals surface area contributed by atoms with Gasteiger partial charge in [0.15, 0.2) is 29.6 Å². The third kappa shape index (κ3) is 9.00. The highest BCUT2D eigenvalue weighted by molar-refractivity contribution is 6.42. The zero-order valence-corrected chi connectivity index (χ0v) is 28.0. The van der Waals surface area contributed by atoms with Crippen LogP contribution >= 0.6 is 34.8 Å². The smallest absolute Gasteiger partial charge is 0.338 e. The number of amides is 3. The molecule has 0 saturated heterocycles. The summed E-state index contributed by atoms with van der Waals surface area (Å²) < 4.78 is 27.6. The molecular weight excluding hydrogens is 675 g/mol. The number of nitrogens with one attached hydrogen (secondary N) is 3. The van der Waals surface area contributed by atoms with Crippen molar-refractivity contribution < 1.29 is 38.1 Å². The van der Waals surface area contributed by atoms with E-state index in [1.54, 1.807) is 62.4 Å². The van der Waals surface area contributed by atoms with Crippen molar-refractivity contribution in [3.8, 4) is 23.0 Å². The van der Waals surface area contributed by atoms with Gasteiger partial charge in [0.2, 0.25) is 0 Å². The standard InChI is InChI=1S/C32H31Cl3N4O8/c1-5-45-31(41)28-17(2)37-32(42)38-29(28)20-7-9-24(25(13-20)43-3)46-16-27(40)39-36-14-19-11-23(35)30(26(12-19)44-4)47-15-18-6-8-21(33)22(34)10-18/h6-14,29H,5,15-16H2,1-4H3,(H,39,40)(H2,37,38,42)/b36-14-/t29-/m1/s1. The first-order valence-electron chi connectivity index (χ1n) is 14.1. The van der Waals surface area contributed by atoms with Crippen molar-refractivity contribution in [3.63, 3.8) is 0 Å². The van der Waals surface area contributed by atoms with Crippen LogP contribution in [0.25, 0.3) is 0 Å². The number of hydrazone groups is 1. The Kier molecular flexibility index (Phi) is 12.2. The van der Waals surface area contributed by atoms with Crippen molar-refractivity contribution in [2.24, 2.45) is 5.10 Å². The molecule has 0 aliphatic carbocycles. The summed E-state index contributed by atoms with van der Waals surface area (Å²) in [5, 5.41) is 10.4. The number of carbonyl (C=O) groups excluding carboxylic acids is 3. The Hall–Kier alpha value is -4.65. The van der Waals surface area contributed by atoms with Crippen molar-refractivity contribution in [3.05, 3.63) is 91.6 Å². The Labute approximate surface area is 285 Å². The predicted octanol–water partition coefficient (Wildman–Crippen LogP) is 5.96. The molecule has 248 valence electrons. The van der Waals surface area contributed by atoms with Crippen molar-refractivity contribution >= 4 is 58.9 Å². The Morgan fingerprint density at radius 2 is 1.70 bits per heavy atom. The van der Waals surface area contributed by atoms with E-state index < -0.39 is 30.6 Å². The molecule has 0 unspecified atom stereocenters. The molecule has 0 fully saturated rings. The van der Waals surface area contributed by atoms with Crippen LogP contribution < -0.4 is 35.0 Å². The zero-order valence-electron chi connectivity index (χ0n) is 25.7. The van der Waals surface area contributed by atoms with Crippen LogP contribution in [0.4, 0.5) is 4.79 Å². The lowest BCUT2D eigenvalue weighted by Crippen LogP contribution is -2.45. The summed E-state index contributed by atoms with van der Waals surface area (Å²) in [6, 6.07) is 11.9. The van der Waals surface area contributed by atoms with E-state index in [2.05, 4.69) is 21.2 Å². The number of ether oxygens (including phenoxy) is 5. The van der Waals surface area contributed by atoms with Crippen LogP contribution in [0, 0.1) is 0 Å². The van der Waals surface area contributed by atoms with E-state index in [1.165, 1.54) is 20.4 Å². The molecule has 3 N–H and O–H groups in total. The monoisotopic (exact) mass is 704 g/mol. The van der Waals surface area contributed by atoms with Gasteiger partial charge in [-0.1, -0.05) is 46.9 Å². The molecule has 1 heterocycles. The van der Waals surface area contributed by atoms with Gasteiger partial charge in [-0.3, -0.25) is 4.79 Å². The number of hydrogen-bond acceptors (Lipinski definition) is 9. The second-order valence-electron chi connectivity index (χ2n) is 9.85. The number of methoxy groups -OCH3 is 2. The second-order valence-corrected chi connectivity index (χ2v) is 11.1. The molecule has 3 aromatic carbocycles. The minimum atomic E-state index is -0.793. The van der Waals surface area contributed by atoms with Crippen LogP contribution in [0.15, 0.2) is 64.9 Å². The maximum Gasteiger partial charge on any atom is 0.338 e. The Morgan fingerprint density at radius 3 is 2.40 bits per heavy atom. The Morgan fingerprint density at radius 1 is 0.936 bits per heavy atom. The molecule has 12 nitrogen and oxygen atoms in total. The summed E-state index contributed by atoms with van der Waals surface area (Å²) in [4.78, 5) is 37.3. The van der Waals surface area contributed by atoms with E-state index in [1.807, 2.05) is 0 Å². The van der Waals surface area contributed by atoms with Gasteiger partial charge < -0.3 is 34.3 Å². The normalized spacial score (nSPS) is 14.3. The first-order chi connectivity index (χ1) is 22.5. The fourth-order valence-electron chi connectivity index (χ4n) is 4.50. The molecule has 0 radical (unpaired) electrons. The molecule has 1 aliphatic heterocycles. The van der Waals surface area contributed by atoms with Crippen LogP contribution in [-0.2, 0) is 20.9 Å². The van der Waals surface area contributed by atoms with E-state index in [-0.39, 0.29) is 35.3 Å². The van der Waals surface area contributed by atoms with Crippen LogP contribution in [0.2, 0.25) is 15.1 Å². The number of carbonyl (C=O) groups is 3. The topological polar surface area (TPSA) is 146 Å². The molecule has 0 spiro atoms. The fourth-order valence-corrected chi connectivity index (χ4v) is 5.09. The number of esters is 1. The number of halogens is 3. The van der Waals surface area contributed by atoms with Crippen molar-refractivity contribution in [2.75, 3.05) is 27.4 Å². The highest BCUT2D eigenvalue weighted by Gasteiger charge is 2.32. The molecule has 0 bridgehead atoms. The van der Waals surface area contributed by atoms with Gasteiger partial charge in [-0.25, -0.2) is 15.0 Å². The summed E-state index contributed by atoms with van der Waals surface area (Å²) >= 11 is 18.5. The minimum Gasteiger partial charge on any atom is -0.493 e. The highest BCUT2D eigenvalue weighted by atomic mass is 35.5. The largest absolute Gasteiger partial charge is 0.493 e. The fraction of sp³-hybridized carbons (Fsp3) is 0.250. The van der Waals surface area contributed by atoms with Gasteiger partial charge in [0.05, 0.1) is 53.7 Å². The summed E-state index contributed by atoms with van der Waals surface area (Å²) in [5.41, 5.74) is 4.87.